The van der Waals surface area contributed by atoms with Gasteiger partial charge in [0.15, 0.2) is 0 Å². The van der Waals surface area contributed by atoms with Gasteiger partial charge in [-0.15, -0.1) is 0 Å². The normalized spacial score (nSPS) is 11.6. The largest absolute Gasteiger partial charge is 0.444 e. The summed E-state index contributed by atoms with van der Waals surface area (Å²) in [5, 5.41) is 7.34. The highest BCUT2D eigenvalue weighted by molar-refractivity contribution is 5.94. The van der Waals surface area contributed by atoms with Crippen molar-refractivity contribution in [1.29, 1.82) is 0 Å². The predicted octanol–water partition coefficient (Wildman–Crippen LogP) is 3.90. The van der Waals surface area contributed by atoms with Crippen LogP contribution in [0.25, 0.3) is 0 Å². The molecule has 0 saturated carbocycles. The summed E-state index contributed by atoms with van der Waals surface area (Å²) in [5.74, 6) is -0.364. The summed E-state index contributed by atoms with van der Waals surface area (Å²) < 4.78 is 42.0. The van der Waals surface area contributed by atoms with Crippen molar-refractivity contribution in [3.05, 3.63) is 24.3 Å². The van der Waals surface area contributed by atoms with Crippen molar-refractivity contribution in [2.24, 2.45) is 0 Å². The van der Waals surface area contributed by atoms with E-state index in [1.54, 1.807) is 32.9 Å². The first-order chi connectivity index (χ1) is 12.0. The smallest absolute Gasteiger partial charge is 0.407 e. The van der Waals surface area contributed by atoms with Crippen molar-refractivity contribution in [1.82, 2.24) is 5.32 Å². The molecule has 1 aromatic rings. The first-order valence-corrected chi connectivity index (χ1v) is 8.13. The Balaban J connectivity index is 2.40. The fourth-order valence-electron chi connectivity index (χ4n) is 1.91. The van der Waals surface area contributed by atoms with Crippen LogP contribution in [0, 0.1) is 0 Å². The quantitative estimate of drug-likeness (QED) is 0.632. The fourth-order valence-corrected chi connectivity index (χ4v) is 1.91. The van der Waals surface area contributed by atoms with E-state index in [1.807, 2.05) is 0 Å². The monoisotopic (exact) mass is 375 g/mol. The van der Waals surface area contributed by atoms with Gasteiger partial charge in [-0.1, -0.05) is 12.1 Å². The van der Waals surface area contributed by atoms with Gasteiger partial charge >= 0.3 is 12.3 Å². The third-order valence-corrected chi connectivity index (χ3v) is 2.93. The SMILES string of the molecule is CC(C)(C)OC(=O)NCCCC(=O)Nc1ccccc1NCC(F)(F)F. The standard InChI is InChI=1S/C17H24F3N3O3/c1-16(2,3)26-15(25)21-10-6-9-14(24)23-13-8-5-4-7-12(13)22-11-17(18,19)20/h4-5,7-8,22H,6,9-11H2,1-3H3,(H,21,25)(H,23,24). The highest BCUT2D eigenvalue weighted by atomic mass is 19.4. The molecule has 0 radical (unpaired) electrons. The zero-order valence-corrected chi connectivity index (χ0v) is 15.0. The molecule has 0 aromatic heterocycles. The number of para-hydroxylation sites is 2. The molecule has 9 heteroatoms. The van der Waals surface area contributed by atoms with Crippen LogP contribution in [-0.2, 0) is 9.53 Å². The number of nitrogens with one attached hydrogen (secondary N) is 3. The summed E-state index contributed by atoms with van der Waals surface area (Å²) in [6.45, 7) is 4.27. The number of halogens is 3. The lowest BCUT2D eigenvalue weighted by molar-refractivity contribution is -0.116. The fraction of sp³-hybridized carbons (Fsp3) is 0.529. The topological polar surface area (TPSA) is 79.5 Å². The van der Waals surface area contributed by atoms with Gasteiger partial charge in [-0.25, -0.2) is 4.79 Å². The van der Waals surface area contributed by atoms with Gasteiger partial charge in [0, 0.05) is 13.0 Å². The lowest BCUT2D eigenvalue weighted by Crippen LogP contribution is -2.33. The minimum absolute atomic E-state index is 0.101. The Bertz CT molecular complexity index is 613. The Morgan fingerprint density at radius 3 is 2.27 bits per heavy atom. The minimum Gasteiger partial charge on any atom is -0.444 e. The van der Waals surface area contributed by atoms with Crippen LogP contribution >= 0.6 is 0 Å². The Morgan fingerprint density at radius 2 is 1.69 bits per heavy atom. The molecule has 3 N–H and O–H groups in total. The van der Waals surface area contributed by atoms with Crippen molar-refractivity contribution >= 4 is 23.4 Å². The molecule has 2 amide bonds. The van der Waals surface area contributed by atoms with Gasteiger partial charge in [-0.2, -0.15) is 13.2 Å². The number of carbonyl (C=O) groups excluding carboxylic acids is 2. The van der Waals surface area contributed by atoms with Crippen LogP contribution in [0.4, 0.5) is 29.3 Å². The van der Waals surface area contributed by atoms with Crippen LogP contribution in [0.3, 0.4) is 0 Å². The van der Waals surface area contributed by atoms with Crippen LogP contribution in [0.2, 0.25) is 0 Å². The van der Waals surface area contributed by atoms with Gasteiger partial charge in [0.25, 0.3) is 0 Å². The lowest BCUT2D eigenvalue weighted by Gasteiger charge is -2.19. The van der Waals surface area contributed by atoms with Crippen LogP contribution in [0.15, 0.2) is 24.3 Å². The van der Waals surface area contributed by atoms with Crippen molar-refractivity contribution in [2.45, 2.75) is 45.4 Å². The number of carbonyl (C=O) groups is 2. The summed E-state index contributed by atoms with van der Waals surface area (Å²) in [5.41, 5.74) is -0.152. The summed E-state index contributed by atoms with van der Waals surface area (Å²) in [4.78, 5) is 23.4. The first kappa shape index (κ1) is 21.6. The minimum atomic E-state index is -4.36. The number of hydrogen-bond acceptors (Lipinski definition) is 4. The molecule has 6 nitrogen and oxygen atoms in total. The third-order valence-electron chi connectivity index (χ3n) is 2.93. The number of benzene rings is 1. The third kappa shape index (κ3) is 9.75. The number of amides is 2. The molecular formula is C17H24F3N3O3. The Morgan fingerprint density at radius 1 is 1.08 bits per heavy atom. The van der Waals surface area contributed by atoms with Gasteiger partial charge in [0.1, 0.15) is 12.1 Å². The molecule has 0 unspecified atom stereocenters. The average Bonchev–Trinajstić information content (AvgIpc) is 2.48. The molecule has 1 aromatic carbocycles. The van der Waals surface area contributed by atoms with E-state index in [2.05, 4.69) is 16.0 Å². The second-order valence-electron chi connectivity index (χ2n) is 6.59. The van der Waals surface area contributed by atoms with Crippen LogP contribution < -0.4 is 16.0 Å². The lowest BCUT2D eigenvalue weighted by atomic mass is 10.2. The number of rotatable bonds is 7. The number of alkyl halides is 3. The van der Waals surface area contributed by atoms with Crippen molar-refractivity contribution in [3.63, 3.8) is 0 Å². The molecule has 0 fully saturated rings. The summed E-state index contributed by atoms with van der Waals surface area (Å²) >= 11 is 0. The second kappa shape index (κ2) is 9.30. The molecular weight excluding hydrogens is 351 g/mol. The highest BCUT2D eigenvalue weighted by Gasteiger charge is 2.27. The van der Waals surface area contributed by atoms with E-state index in [0.717, 1.165) is 0 Å². The van der Waals surface area contributed by atoms with Gasteiger partial charge in [0.2, 0.25) is 5.91 Å². The van der Waals surface area contributed by atoms with Crippen molar-refractivity contribution in [3.8, 4) is 0 Å². The van der Waals surface area contributed by atoms with Gasteiger partial charge < -0.3 is 20.7 Å². The molecule has 0 saturated heterocycles. The molecule has 0 aliphatic heterocycles. The maximum Gasteiger partial charge on any atom is 0.407 e. The molecule has 26 heavy (non-hydrogen) atoms. The van der Waals surface area contributed by atoms with E-state index in [9.17, 15) is 22.8 Å². The van der Waals surface area contributed by atoms with E-state index in [-0.39, 0.29) is 30.2 Å². The molecule has 0 bridgehead atoms. The molecule has 0 aliphatic rings. The van der Waals surface area contributed by atoms with E-state index < -0.39 is 24.4 Å². The Labute approximate surface area is 150 Å². The van der Waals surface area contributed by atoms with E-state index in [4.69, 9.17) is 4.74 Å². The molecule has 0 atom stereocenters. The molecule has 146 valence electrons. The molecule has 1 rings (SSSR count). The van der Waals surface area contributed by atoms with Gasteiger partial charge in [0.05, 0.1) is 11.4 Å². The van der Waals surface area contributed by atoms with E-state index in [1.165, 1.54) is 12.1 Å². The van der Waals surface area contributed by atoms with Crippen LogP contribution in [0.5, 0.6) is 0 Å². The van der Waals surface area contributed by atoms with Gasteiger partial charge in [-0.05, 0) is 39.3 Å². The summed E-state index contributed by atoms with van der Waals surface area (Å²) in [6, 6.07) is 6.14. The maximum absolute atomic E-state index is 12.3. The number of alkyl carbamates (subject to hydrolysis) is 1. The molecule has 0 aliphatic carbocycles. The summed E-state index contributed by atoms with van der Waals surface area (Å²) in [7, 11) is 0. The van der Waals surface area contributed by atoms with Crippen LogP contribution in [0.1, 0.15) is 33.6 Å². The molecule has 0 heterocycles. The van der Waals surface area contributed by atoms with E-state index in [0.29, 0.717) is 6.42 Å². The van der Waals surface area contributed by atoms with Crippen molar-refractivity contribution < 1.29 is 27.5 Å². The predicted molar refractivity (Wildman–Crippen MR) is 93.1 cm³/mol. The number of ether oxygens (including phenoxy) is 1. The average molecular weight is 375 g/mol. The zero-order valence-electron chi connectivity index (χ0n) is 15.0. The number of hydrogen-bond donors (Lipinski definition) is 3. The Kier molecular flexibility index (Phi) is 7.73. The summed E-state index contributed by atoms with van der Waals surface area (Å²) in [6.07, 6.45) is -4.46. The Hall–Kier alpha value is -2.45. The maximum atomic E-state index is 12.3. The highest BCUT2D eigenvalue weighted by Crippen LogP contribution is 2.23. The van der Waals surface area contributed by atoms with Crippen molar-refractivity contribution in [2.75, 3.05) is 23.7 Å². The zero-order chi connectivity index (χ0) is 19.8. The van der Waals surface area contributed by atoms with Crippen LogP contribution in [-0.4, -0.2) is 36.9 Å². The number of anilines is 2. The van der Waals surface area contributed by atoms with E-state index >= 15 is 0 Å². The second-order valence-corrected chi connectivity index (χ2v) is 6.59. The molecule has 0 spiro atoms. The first-order valence-electron chi connectivity index (χ1n) is 8.13. The van der Waals surface area contributed by atoms with Gasteiger partial charge in [-0.3, -0.25) is 4.79 Å².